The van der Waals surface area contributed by atoms with Crippen molar-refractivity contribution < 1.29 is 9.90 Å². The fourth-order valence-corrected chi connectivity index (χ4v) is 9.10. The summed E-state index contributed by atoms with van der Waals surface area (Å²) in [5.74, 6) is 1.03. The van der Waals surface area contributed by atoms with Gasteiger partial charge in [0.15, 0.2) is 0 Å². The molecule has 5 rings (SSSR count). The first-order valence-electron chi connectivity index (χ1n) is 11.0. The molecule has 3 aromatic rings. The number of fused-ring (bicyclic) bond motifs is 1. The molecule has 2 aromatic heterocycles. The van der Waals surface area contributed by atoms with Gasteiger partial charge >= 0.3 is 196 Å². The molecule has 1 unspecified atom stereocenters. The average molecular weight is 515 g/mol. The Morgan fingerprint density at radius 3 is 2.78 bits per heavy atom. The Morgan fingerprint density at radius 2 is 2.00 bits per heavy atom. The van der Waals surface area contributed by atoms with E-state index < -0.39 is 21.8 Å². The van der Waals surface area contributed by atoms with Crippen LogP contribution in [0.4, 0.5) is 4.79 Å². The molecule has 0 saturated carbocycles. The zero-order valence-corrected chi connectivity index (χ0v) is 20.5. The Balaban J connectivity index is 1.55. The summed E-state index contributed by atoms with van der Waals surface area (Å²) in [6, 6.07) is 7.90. The van der Waals surface area contributed by atoms with Crippen molar-refractivity contribution in [1.82, 2.24) is 25.2 Å². The van der Waals surface area contributed by atoms with Gasteiger partial charge in [0, 0.05) is 0 Å². The topological polar surface area (TPSA) is 111 Å². The molecule has 10 heteroatoms. The van der Waals surface area contributed by atoms with Crippen LogP contribution in [0.5, 0.6) is 0 Å². The second-order valence-corrected chi connectivity index (χ2v) is 12.7. The average Bonchev–Trinajstić information content (AvgIpc) is 3.23. The van der Waals surface area contributed by atoms with E-state index in [0.717, 1.165) is 59.3 Å². The van der Waals surface area contributed by atoms with Crippen molar-refractivity contribution in [3.63, 3.8) is 0 Å². The molecule has 3 N–H and O–H groups in total. The zero-order valence-electron chi connectivity index (χ0n) is 17.6. The third kappa shape index (κ3) is 4.47. The number of piperidine rings is 2. The molecule has 4 heterocycles. The summed E-state index contributed by atoms with van der Waals surface area (Å²) in [7, 11) is 0. The number of amides is 1. The predicted octanol–water partition coefficient (Wildman–Crippen LogP) is 2.14. The third-order valence-electron chi connectivity index (χ3n) is 6.20. The van der Waals surface area contributed by atoms with Gasteiger partial charge in [0.25, 0.3) is 0 Å². The Hall–Kier alpha value is -2.22. The van der Waals surface area contributed by atoms with Crippen LogP contribution >= 0.6 is 11.3 Å². The first kappa shape index (κ1) is 21.6. The maximum absolute atomic E-state index is 13.4. The molecule has 0 bridgehead atoms. The molecule has 32 heavy (non-hydrogen) atoms. The van der Waals surface area contributed by atoms with Crippen LogP contribution in [0.25, 0.3) is 20.8 Å². The molecule has 8 nitrogen and oxygen atoms in total. The van der Waals surface area contributed by atoms with Gasteiger partial charge in [-0.05, 0) is 0 Å². The van der Waals surface area contributed by atoms with Gasteiger partial charge in [-0.1, -0.05) is 0 Å². The normalized spacial score (nSPS) is 20.4. The van der Waals surface area contributed by atoms with Crippen LogP contribution in [0, 0.1) is 0 Å². The monoisotopic (exact) mass is 515 g/mol. The number of nitrogens with zero attached hydrogens (tertiary/aromatic N) is 3. The Kier molecular flexibility index (Phi) is 6.30. The van der Waals surface area contributed by atoms with E-state index in [2.05, 4.69) is 10.3 Å². The van der Waals surface area contributed by atoms with Crippen LogP contribution < -0.4 is 15.4 Å². The van der Waals surface area contributed by atoms with Crippen LogP contribution in [0.2, 0.25) is 4.71 Å². The number of benzene rings is 1. The van der Waals surface area contributed by atoms with Gasteiger partial charge < -0.3 is 0 Å². The molecule has 168 valence electrons. The number of hydrogen-bond donors (Lipinski definition) is 3. The summed E-state index contributed by atoms with van der Waals surface area (Å²) in [6.07, 6.45) is 2.90. The minimum absolute atomic E-state index is 0.114. The van der Waals surface area contributed by atoms with E-state index in [1.807, 2.05) is 24.3 Å². The molecule has 2 saturated heterocycles. The number of carbonyl (C=O) groups is 1. The number of aromatic amines is 1. The number of carboxylic acid groups (broad SMARTS) is 1. The predicted molar refractivity (Wildman–Crippen MR) is 128 cm³/mol. The minimum atomic E-state index is -0.859. The maximum atomic E-state index is 13.4. The van der Waals surface area contributed by atoms with Gasteiger partial charge in [0.1, 0.15) is 0 Å². The van der Waals surface area contributed by atoms with E-state index in [-0.39, 0.29) is 16.2 Å². The van der Waals surface area contributed by atoms with Crippen molar-refractivity contribution in [2.24, 2.45) is 0 Å². The van der Waals surface area contributed by atoms with Gasteiger partial charge in [-0.2, -0.15) is 0 Å². The standard InChI is InChI=1S/C22H26AsN5O3S/c29-20-17(21-25-15-5-1-2-6-16(15)32-21)18(23-14-4-3-11-28(12-14)22(30)31)26-19(27-20)13-7-9-24-10-8-13/h1-2,5-6,13-14,23-24H,3-4,7-12H2,(H,30,31)(H,26,27,29)/t14-/m1/s1. The molecule has 2 atom stereocenters. The number of H-pyrrole nitrogens is 1. The van der Waals surface area contributed by atoms with Crippen molar-refractivity contribution in [3.8, 4) is 10.6 Å². The van der Waals surface area contributed by atoms with Crippen molar-refractivity contribution in [2.45, 2.75) is 36.3 Å². The Bertz CT molecular complexity index is 1160. The number of para-hydroxylation sites is 1. The number of nitrogens with one attached hydrogen (secondary N) is 2. The fourth-order valence-electron chi connectivity index (χ4n) is 4.52. The van der Waals surface area contributed by atoms with Gasteiger partial charge in [-0.15, -0.1) is 0 Å². The molecular formula is C22H26AsN5O3S. The van der Waals surface area contributed by atoms with E-state index in [9.17, 15) is 14.7 Å². The first-order chi connectivity index (χ1) is 15.6. The summed E-state index contributed by atoms with van der Waals surface area (Å²) in [4.78, 5) is 39.3. The third-order valence-corrected chi connectivity index (χ3v) is 10.4. The van der Waals surface area contributed by atoms with Crippen LogP contribution in [0.3, 0.4) is 0 Å². The molecule has 0 radical (unpaired) electrons. The molecule has 2 aliphatic heterocycles. The van der Waals surface area contributed by atoms with Gasteiger partial charge in [0.05, 0.1) is 0 Å². The molecule has 2 fully saturated rings. The van der Waals surface area contributed by atoms with Crippen molar-refractivity contribution in [1.29, 1.82) is 0 Å². The summed E-state index contributed by atoms with van der Waals surface area (Å²) < 4.78 is 2.19. The van der Waals surface area contributed by atoms with Crippen molar-refractivity contribution in [2.75, 3.05) is 26.2 Å². The number of likely N-dealkylation sites (tertiary alicyclic amines) is 1. The van der Waals surface area contributed by atoms with Crippen LogP contribution in [-0.4, -0.2) is 73.0 Å². The van der Waals surface area contributed by atoms with E-state index in [1.165, 1.54) is 16.2 Å². The van der Waals surface area contributed by atoms with Gasteiger partial charge in [-0.25, -0.2) is 0 Å². The van der Waals surface area contributed by atoms with Gasteiger partial charge in [-0.3, -0.25) is 0 Å². The zero-order chi connectivity index (χ0) is 22.1. The number of thiazole rings is 1. The molecule has 0 spiro atoms. The molecule has 1 aromatic carbocycles. The van der Waals surface area contributed by atoms with Crippen molar-refractivity contribution >= 4 is 47.9 Å². The summed E-state index contributed by atoms with van der Waals surface area (Å²) in [5, 5.41) is 13.5. The van der Waals surface area contributed by atoms with E-state index >= 15 is 0 Å². The summed E-state index contributed by atoms with van der Waals surface area (Å²) in [6.45, 7) is 2.98. The summed E-state index contributed by atoms with van der Waals surface area (Å²) in [5.41, 5.74) is 1.36. The molecule has 1 amide bonds. The van der Waals surface area contributed by atoms with Crippen LogP contribution in [0.1, 0.15) is 37.4 Å². The summed E-state index contributed by atoms with van der Waals surface area (Å²) >= 11 is 0.686. The van der Waals surface area contributed by atoms with Crippen molar-refractivity contribution in [3.05, 3.63) is 40.4 Å². The van der Waals surface area contributed by atoms with E-state index in [1.54, 1.807) is 0 Å². The quantitative estimate of drug-likeness (QED) is 0.460. The Labute approximate surface area is 196 Å². The fraction of sp³-hybridized carbons (Fsp3) is 0.455. The van der Waals surface area contributed by atoms with Crippen LogP contribution in [-0.2, 0) is 0 Å². The second-order valence-electron chi connectivity index (χ2n) is 8.40. The van der Waals surface area contributed by atoms with E-state index in [4.69, 9.17) is 9.97 Å². The van der Waals surface area contributed by atoms with Gasteiger partial charge in [0.2, 0.25) is 0 Å². The first-order valence-corrected chi connectivity index (χ1v) is 14.1. The number of aromatic nitrogens is 3. The molecular weight excluding hydrogens is 489 g/mol. The number of hydrogen-bond acceptors (Lipinski definition) is 6. The molecule has 0 aliphatic carbocycles. The second kappa shape index (κ2) is 9.33. The molecule has 2 aliphatic rings. The van der Waals surface area contributed by atoms with Crippen LogP contribution in [0.15, 0.2) is 29.1 Å². The number of rotatable bonds is 4. The SMILES string of the molecule is O=C(O)N1CCC[C@@H]([AsH]c2nc(C3CCNCC3)[nH]c(=O)c2-c2nc3ccccc3s2)C1. The van der Waals surface area contributed by atoms with E-state index in [0.29, 0.717) is 23.7 Å². The Morgan fingerprint density at radius 1 is 1.19 bits per heavy atom.